The van der Waals surface area contributed by atoms with Gasteiger partial charge in [-0.3, -0.25) is 9.59 Å². The van der Waals surface area contributed by atoms with Crippen molar-refractivity contribution in [3.63, 3.8) is 0 Å². The van der Waals surface area contributed by atoms with Crippen molar-refractivity contribution in [3.8, 4) is 11.1 Å². The summed E-state index contributed by atoms with van der Waals surface area (Å²) in [6, 6.07) is 16.0. The zero-order valence-corrected chi connectivity index (χ0v) is 20.4. The largest absolute Gasteiger partial charge is 0.481 e. The fourth-order valence-electron chi connectivity index (χ4n) is 5.76. The van der Waals surface area contributed by atoms with E-state index in [-0.39, 0.29) is 48.0 Å². The molecule has 2 aromatic rings. The van der Waals surface area contributed by atoms with E-state index >= 15 is 0 Å². The fourth-order valence-corrected chi connectivity index (χ4v) is 5.76. The second-order valence-corrected chi connectivity index (χ2v) is 11.1. The van der Waals surface area contributed by atoms with Gasteiger partial charge in [-0.1, -0.05) is 69.3 Å². The number of piperidine rings is 1. The van der Waals surface area contributed by atoms with E-state index in [0.717, 1.165) is 11.1 Å². The van der Waals surface area contributed by atoms with Crippen LogP contribution in [0.15, 0.2) is 48.5 Å². The van der Waals surface area contributed by atoms with Crippen molar-refractivity contribution in [3.05, 3.63) is 59.7 Å². The number of aliphatic carboxylic acids is 1. The number of hydrogen-bond donors (Lipinski definition) is 2. The first-order valence-electron chi connectivity index (χ1n) is 12.3. The average molecular weight is 477 g/mol. The van der Waals surface area contributed by atoms with E-state index in [2.05, 4.69) is 29.6 Å². The summed E-state index contributed by atoms with van der Waals surface area (Å²) in [6.45, 7) is 7.14. The third kappa shape index (κ3) is 4.40. The van der Waals surface area contributed by atoms with Crippen LogP contribution in [0.2, 0.25) is 0 Å². The summed E-state index contributed by atoms with van der Waals surface area (Å²) in [5.41, 5.74) is 4.29. The van der Waals surface area contributed by atoms with Gasteiger partial charge in [0.1, 0.15) is 6.61 Å². The highest BCUT2D eigenvalue weighted by Gasteiger charge is 2.60. The molecule has 2 amide bonds. The molecule has 184 valence electrons. The molecule has 7 nitrogen and oxygen atoms in total. The Balaban J connectivity index is 1.20. The molecule has 0 radical (unpaired) electrons. The zero-order chi connectivity index (χ0) is 24.9. The number of likely N-dealkylation sites (tertiary alicyclic amines) is 1. The monoisotopic (exact) mass is 476 g/mol. The molecular formula is C28H32N2O5. The number of carboxylic acids is 1. The summed E-state index contributed by atoms with van der Waals surface area (Å²) in [4.78, 5) is 38.7. The normalized spacial score (nSPS) is 23.2. The van der Waals surface area contributed by atoms with Gasteiger partial charge in [-0.25, -0.2) is 4.79 Å². The van der Waals surface area contributed by atoms with Crippen LogP contribution >= 0.6 is 0 Å². The molecule has 2 fully saturated rings. The minimum atomic E-state index is -0.767. The van der Waals surface area contributed by atoms with Gasteiger partial charge in [-0.2, -0.15) is 0 Å². The average Bonchev–Trinajstić information content (AvgIpc) is 3.17. The number of ether oxygens (including phenoxy) is 1. The number of rotatable bonds is 6. The Hall–Kier alpha value is -3.35. The molecule has 2 aromatic carbocycles. The Morgan fingerprint density at radius 1 is 1.00 bits per heavy atom. The quantitative estimate of drug-likeness (QED) is 0.654. The molecule has 35 heavy (non-hydrogen) atoms. The molecule has 1 aliphatic heterocycles. The third-order valence-corrected chi connectivity index (χ3v) is 7.89. The Morgan fingerprint density at radius 3 is 2.06 bits per heavy atom. The van der Waals surface area contributed by atoms with Gasteiger partial charge in [0.05, 0.1) is 5.92 Å². The molecule has 4 atom stereocenters. The van der Waals surface area contributed by atoms with E-state index < -0.39 is 18.1 Å². The van der Waals surface area contributed by atoms with E-state index in [0.29, 0.717) is 13.1 Å². The van der Waals surface area contributed by atoms with Gasteiger partial charge in [0.2, 0.25) is 5.91 Å². The molecular weight excluding hydrogens is 444 g/mol. The Kier molecular flexibility index (Phi) is 5.82. The van der Waals surface area contributed by atoms with Crippen LogP contribution in [0, 0.1) is 23.2 Å². The standard InChI is InChI=1S/C28H32N2O5/c1-28(2,3)23(12-24(31)30-13-20-21(14-30)25(20)26(32)33)29-27(34)35-15-22-18-10-6-4-8-16(18)17-9-5-7-11-19(17)22/h4-11,20-23,25H,12-15H2,1-3H3,(H,29,34)(H,32,33)/t20-,21+,23?,25?. The van der Waals surface area contributed by atoms with Crippen molar-refractivity contribution >= 4 is 18.0 Å². The van der Waals surface area contributed by atoms with Gasteiger partial charge in [-0.15, -0.1) is 0 Å². The number of hydrogen-bond acceptors (Lipinski definition) is 4. The van der Waals surface area contributed by atoms with Crippen molar-refractivity contribution in [2.75, 3.05) is 19.7 Å². The van der Waals surface area contributed by atoms with Crippen LogP contribution in [-0.2, 0) is 14.3 Å². The number of benzene rings is 2. The maximum Gasteiger partial charge on any atom is 0.407 e. The van der Waals surface area contributed by atoms with Crippen molar-refractivity contribution in [1.82, 2.24) is 10.2 Å². The third-order valence-electron chi connectivity index (χ3n) is 7.89. The summed E-state index contributed by atoms with van der Waals surface area (Å²) in [6.07, 6.45) is -0.375. The fraction of sp³-hybridized carbons (Fsp3) is 0.464. The first-order valence-corrected chi connectivity index (χ1v) is 12.3. The van der Waals surface area contributed by atoms with Gasteiger partial charge in [0, 0.05) is 31.5 Å². The van der Waals surface area contributed by atoms with Gasteiger partial charge < -0.3 is 20.1 Å². The van der Waals surface area contributed by atoms with Crippen molar-refractivity contribution in [1.29, 1.82) is 0 Å². The highest BCUT2D eigenvalue weighted by atomic mass is 16.5. The van der Waals surface area contributed by atoms with Gasteiger partial charge in [0.15, 0.2) is 0 Å². The van der Waals surface area contributed by atoms with Gasteiger partial charge in [0.25, 0.3) is 0 Å². The van der Waals surface area contributed by atoms with Crippen molar-refractivity contribution in [2.45, 2.75) is 39.2 Å². The van der Waals surface area contributed by atoms with E-state index in [1.807, 2.05) is 45.0 Å². The summed E-state index contributed by atoms with van der Waals surface area (Å²) >= 11 is 0. The number of nitrogens with zero attached hydrogens (tertiary/aromatic N) is 1. The lowest BCUT2D eigenvalue weighted by atomic mass is 9.84. The minimum absolute atomic E-state index is 0.0265. The molecule has 0 spiro atoms. The molecule has 7 heteroatoms. The number of fused-ring (bicyclic) bond motifs is 4. The van der Waals surface area contributed by atoms with Gasteiger partial charge >= 0.3 is 12.1 Å². The zero-order valence-electron chi connectivity index (χ0n) is 20.4. The molecule has 5 rings (SSSR count). The Bertz CT molecular complexity index is 1110. The lowest BCUT2D eigenvalue weighted by Gasteiger charge is -2.32. The van der Waals surface area contributed by atoms with Crippen LogP contribution in [0.3, 0.4) is 0 Å². The topological polar surface area (TPSA) is 95.9 Å². The van der Waals surface area contributed by atoms with Crippen LogP contribution in [-0.4, -0.2) is 53.7 Å². The van der Waals surface area contributed by atoms with E-state index in [1.54, 1.807) is 4.90 Å². The molecule has 1 heterocycles. The summed E-state index contributed by atoms with van der Waals surface area (Å²) in [5, 5.41) is 12.1. The summed E-state index contributed by atoms with van der Waals surface area (Å²) in [5.74, 6) is -1.02. The van der Waals surface area contributed by atoms with E-state index in [4.69, 9.17) is 4.74 Å². The Morgan fingerprint density at radius 2 is 1.54 bits per heavy atom. The molecule has 1 saturated heterocycles. The van der Waals surface area contributed by atoms with E-state index in [9.17, 15) is 19.5 Å². The van der Waals surface area contributed by atoms with E-state index in [1.165, 1.54) is 11.1 Å². The number of alkyl carbamates (subject to hydrolysis) is 1. The molecule has 0 aromatic heterocycles. The smallest absolute Gasteiger partial charge is 0.407 e. The lowest BCUT2D eigenvalue weighted by Crippen LogP contribution is -2.47. The van der Waals surface area contributed by atoms with Crippen LogP contribution in [0.5, 0.6) is 0 Å². The second-order valence-electron chi connectivity index (χ2n) is 11.1. The second kappa shape index (κ2) is 8.70. The van der Waals surface area contributed by atoms with Crippen LogP contribution < -0.4 is 5.32 Å². The van der Waals surface area contributed by atoms with Crippen molar-refractivity contribution < 1.29 is 24.2 Å². The number of amides is 2. The van der Waals surface area contributed by atoms with Crippen molar-refractivity contribution in [2.24, 2.45) is 23.2 Å². The SMILES string of the molecule is CC(C)(C)C(CC(=O)N1C[C@@H]2C(C(=O)O)[C@@H]2C1)NC(=O)OCC1c2ccccc2-c2ccccc21. The predicted molar refractivity (Wildman–Crippen MR) is 131 cm³/mol. The van der Waals surface area contributed by atoms with Gasteiger partial charge in [-0.05, 0) is 39.5 Å². The van der Waals surface area contributed by atoms with Crippen LogP contribution in [0.4, 0.5) is 4.79 Å². The molecule has 2 aliphatic carbocycles. The van der Waals surface area contributed by atoms with Crippen LogP contribution in [0.25, 0.3) is 11.1 Å². The summed E-state index contributed by atoms with van der Waals surface area (Å²) in [7, 11) is 0. The van der Waals surface area contributed by atoms with Crippen LogP contribution in [0.1, 0.15) is 44.2 Å². The first-order chi connectivity index (χ1) is 16.6. The number of nitrogens with one attached hydrogen (secondary N) is 1. The lowest BCUT2D eigenvalue weighted by molar-refractivity contribution is -0.141. The highest BCUT2D eigenvalue weighted by Crippen LogP contribution is 2.52. The summed E-state index contributed by atoms with van der Waals surface area (Å²) < 4.78 is 5.70. The maximum atomic E-state index is 13.0. The number of carboxylic acid groups (broad SMARTS) is 1. The molecule has 3 aliphatic rings. The Labute approximate surface area is 205 Å². The number of carbonyl (C=O) groups is 3. The predicted octanol–water partition coefficient (Wildman–Crippen LogP) is 4.12. The molecule has 2 N–H and O–H groups in total. The highest BCUT2D eigenvalue weighted by molar-refractivity contribution is 5.81. The number of carbonyl (C=O) groups excluding carboxylic acids is 2. The minimum Gasteiger partial charge on any atom is -0.481 e. The molecule has 2 unspecified atom stereocenters. The molecule has 0 bridgehead atoms. The molecule has 1 saturated carbocycles. The first kappa shape index (κ1) is 23.4. The maximum absolute atomic E-state index is 13.0.